The predicted octanol–water partition coefficient (Wildman–Crippen LogP) is 2.15. The van der Waals surface area contributed by atoms with E-state index < -0.39 is 0 Å². The summed E-state index contributed by atoms with van der Waals surface area (Å²) in [6.07, 6.45) is 2.54. The molecule has 1 N–H and O–H groups in total. The number of nitrogens with one attached hydrogen (secondary N) is 1. The van der Waals surface area contributed by atoms with Crippen LogP contribution in [0.2, 0.25) is 0 Å². The Labute approximate surface area is 129 Å². The number of likely N-dealkylation sites (N-methyl/N-ethyl adjacent to an activating group) is 2. The molecule has 3 atom stereocenters. The SMILES string of the molecule is CCNC1c2ccccc2CC1N(C)CC1CCN(C)C1. The number of hydrogen-bond acceptors (Lipinski definition) is 3. The molecule has 1 saturated heterocycles. The molecular formula is C18H29N3. The molecule has 3 nitrogen and oxygen atoms in total. The van der Waals surface area contributed by atoms with E-state index in [0.717, 1.165) is 12.5 Å². The van der Waals surface area contributed by atoms with Crippen LogP contribution < -0.4 is 5.32 Å². The van der Waals surface area contributed by atoms with Gasteiger partial charge in [-0.05, 0) is 57.1 Å². The third-order valence-corrected chi connectivity index (χ3v) is 5.23. The fraction of sp³-hybridized carbons (Fsp3) is 0.667. The van der Waals surface area contributed by atoms with Gasteiger partial charge < -0.3 is 15.1 Å². The lowest BCUT2D eigenvalue weighted by Crippen LogP contribution is -2.43. The molecule has 0 bridgehead atoms. The van der Waals surface area contributed by atoms with Gasteiger partial charge in [0.25, 0.3) is 0 Å². The highest BCUT2D eigenvalue weighted by Crippen LogP contribution is 2.34. The molecule has 1 aromatic carbocycles. The van der Waals surface area contributed by atoms with Crippen LogP contribution in [0.3, 0.4) is 0 Å². The monoisotopic (exact) mass is 287 g/mol. The van der Waals surface area contributed by atoms with Gasteiger partial charge in [0.15, 0.2) is 0 Å². The molecule has 1 aromatic rings. The van der Waals surface area contributed by atoms with Gasteiger partial charge in [-0.2, -0.15) is 0 Å². The molecule has 116 valence electrons. The van der Waals surface area contributed by atoms with E-state index >= 15 is 0 Å². The number of hydrogen-bond donors (Lipinski definition) is 1. The molecule has 0 aromatic heterocycles. The van der Waals surface area contributed by atoms with Crippen molar-refractivity contribution in [1.29, 1.82) is 0 Å². The van der Waals surface area contributed by atoms with Crippen molar-refractivity contribution in [1.82, 2.24) is 15.1 Å². The summed E-state index contributed by atoms with van der Waals surface area (Å²) in [6.45, 7) is 7.00. The van der Waals surface area contributed by atoms with Crippen LogP contribution in [0.15, 0.2) is 24.3 Å². The van der Waals surface area contributed by atoms with E-state index in [-0.39, 0.29) is 0 Å². The molecule has 3 rings (SSSR count). The second-order valence-corrected chi connectivity index (χ2v) is 6.86. The number of benzene rings is 1. The van der Waals surface area contributed by atoms with Gasteiger partial charge in [-0.1, -0.05) is 31.2 Å². The average molecular weight is 287 g/mol. The quantitative estimate of drug-likeness (QED) is 0.895. The maximum absolute atomic E-state index is 3.71. The molecule has 1 heterocycles. The van der Waals surface area contributed by atoms with Crippen molar-refractivity contribution < 1.29 is 0 Å². The average Bonchev–Trinajstić information content (AvgIpc) is 3.04. The Balaban J connectivity index is 1.69. The first-order chi connectivity index (χ1) is 10.2. The Morgan fingerprint density at radius 3 is 2.86 bits per heavy atom. The Morgan fingerprint density at radius 2 is 2.14 bits per heavy atom. The van der Waals surface area contributed by atoms with Crippen LogP contribution in [0.1, 0.15) is 30.5 Å². The molecule has 0 spiro atoms. The van der Waals surface area contributed by atoms with Crippen LogP contribution in [-0.4, -0.2) is 56.1 Å². The second-order valence-electron chi connectivity index (χ2n) is 6.86. The van der Waals surface area contributed by atoms with Crippen LogP contribution in [-0.2, 0) is 6.42 Å². The first-order valence-corrected chi connectivity index (χ1v) is 8.39. The van der Waals surface area contributed by atoms with E-state index in [0.29, 0.717) is 12.1 Å². The highest BCUT2D eigenvalue weighted by Gasteiger charge is 2.35. The maximum Gasteiger partial charge on any atom is 0.0483 e. The summed E-state index contributed by atoms with van der Waals surface area (Å²) in [6, 6.07) is 10.1. The van der Waals surface area contributed by atoms with E-state index in [9.17, 15) is 0 Å². The van der Waals surface area contributed by atoms with Crippen molar-refractivity contribution in [2.45, 2.75) is 31.8 Å². The van der Waals surface area contributed by atoms with Gasteiger partial charge in [-0.15, -0.1) is 0 Å². The Morgan fingerprint density at radius 1 is 1.33 bits per heavy atom. The van der Waals surface area contributed by atoms with E-state index in [1.807, 2.05) is 0 Å². The van der Waals surface area contributed by atoms with Crippen molar-refractivity contribution in [3.63, 3.8) is 0 Å². The normalized spacial score (nSPS) is 29.2. The van der Waals surface area contributed by atoms with Crippen molar-refractivity contribution in [2.75, 3.05) is 40.3 Å². The zero-order chi connectivity index (χ0) is 14.8. The minimum atomic E-state index is 0.496. The largest absolute Gasteiger partial charge is 0.309 e. The molecule has 0 radical (unpaired) electrons. The molecule has 3 unspecified atom stereocenters. The van der Waals surface area contributed by atoms with Gasteiger partial charge in [-0.25, -0.2) is 0 Å². The van der Waals surface area contributed by atoms with Crippen molar-refractivity contribution in [2.24, 2.45) is 5.92 Å². The van der Waals surface area contributed by atoms with Crippen LogP contribution in [0.4, 0.5) is 0 Å². The fourth-order valence-corrected chi connectivity index (χ4v) is 4.17. The molecule has 1 fully saturated rings. The van der Waals surface area contributed by atoms with Crippen molar-refractivity contribution in [3.8, 4) is 0 Å². The lowest BCUT2D eigenvalue weighted by molar-refractivity contribution is 0.177. The summed E-state index contributed by atoms with van der Waals surface area (Å²) in [4.78, 5) is 5.07. The summed E-state index contributed by atoms with van der Waals surface area (Å²) < 4.78 is 0. The molecular weight excluding hydrogens is 258 g/mol. The number of likely N-dealkylation sites (tertiary alicyclic amines) is 1. The predicted molar refractivity (Wildman–Crippen MR) is 88.6 cm³/mol. The standard InChI is InChI=1S/C18H29N3/c1-4-19-18-16-8-6-5-7-15(16)11-17(18)21(3)13-14-9-10-20(2)12-14/h5-8,14,17-19H,4,9-13H2,1-3H3. The van der Waals surface area contributed by atoms with Crippen molar-refractivity contribution >= 4 is 0 Å². The second kappa shape index (κ2) is 6.47. The number of fused-ring (bicyclic) bond motifs is 1. The fourth-order valence-electron chi connectivity index (χ4n) is 4.17. The minimum Gasteiger partial charge on any atom is -0.309 e. The minimum absolute atomic E-state index is 0.496. The highest BCUT2D eigenvalue weighted by molar-refractivity contribution is 5.37. The van der Waals surface area contributed by atoms with Crippen molar-refractivity contribution in [3.05, 3.63) is 35.4 Å². The first-order valence-electron chi connectivity index (χ1n) is 8.39. The van der Waals surface area contributed by atoms with E-state index in [1.165, 1.54) is 43.6 Å². The smallest absolute Gasteiger partial charge is 0.0483 e. The van der Waals surface area contributed by atoms with E-state index in [4.69, 9.17) is 0 Å². The molecule has 21 heavy (non-hydrogen) atoms. The summed E-state index contributed by atoms with van der Waals surface area (Å²) in [5.74, 6) is 0.839. The summed E-state index contributed by atoms with van der Waals surface area (Å²) in [5.41, 5.74) is 3.04. The lowest BCUT2D eigenvalue weighted by Gasteiger charge is -2.32. The van der Waals surface area contributed by atoms with Crippen LogP contribution >= 0.6 is 0 Å². The molecule has 0 amide bonds. The van der Waals surface area contributed by atoms with Gasteiger partial charge >= 0.3 is 0 Å². The van der Waals surface area contributed by atoms with Gasteiger partial charge in [0.05, 0.1) is 0 Å². The van der Waals surface area contributed by atoms with Gasteiger partial charge in [0.1, 0.15) is 0 Å². The maximum atomic E-state index is 3.71. The van der Waals surface area contributed by atoms with Crippen LogP contribution in [0.25, 0.3) is 0 Å². The van der Waals surface area contributed by atoms with E-state index in [2.05, 4.69) is 60.4 Å². The Hall–Kier alpha value is -0.900. The topological polar surface area (TPSA) is 18.5 Å². The third kappa shape index (κ3) is 3.15. The molecule has 3 heteroatoms. The zero-order valence-corrected chi connectivity index (χ0v) is 13.7. The summed E-state index contributed by atoms with van der Waals surface area (Å²) in [5, 5.41) is 3.71. The highest BCUT2D eigenvalue weighted by atomic mass is 15.2. The summed E-state index contributed by atoms with van der Waals surface area (Å²) >= 11 is 0. The van der Waals surface area contributed by atoms with Crippen LogP contribution in [0, 0.1) is 5.92 Å². The molecule has 1 aliphatic heterocycles. The number of nitrogens with zero attached hydrogens (tertiary/aromatic N) is 2. The number of rotatable bonds is 5. The first kappa shape index (κ1) is 15.0. The Bertz CT molecular complexity index is 473. The van der Waals surface area contributed by atoms with E-state index in [1.54, 1.807) is 0 Å². The Kier molecular flexibility index (Phi) is 4.63. The van der Waals surface area contributed by atoms with Gasteiger partial charge in [-0.3, -0.25) is 0 Å². The van der Waals surface area contributed by atoms with Gasteiger partial charge in [0, 0.05) is 25.2 Å². The zero-order valence-electron chi connectivity index (χ0n) is 13.7. The lowest BCUT2D eigenvalue weighted by atomic mass is 10.0. The van der Waals surface area contributed by atoms with Gasteiger partial charge in [0.2, 0.25) is 0 Å². The summed E-state index contributed by atoms with van der Waals surface area (Å²) in [7, 11) is 4.56. The third-order valence-electron chi connectivity index (χ3n) is 5.23. The van der Waals surface area contributed by atoms with Crippen LogP contribution in [0.5, 0.6) is 0 Å². The molecule has 0 saturated carbocycles. The molecule has 1 aliphatic carbocycles. The molecule has 2 aliphatic rings.